The second kappa shape index (κ2) is 4.52. The smallest absolute Gasteiger partial charge is 0.168 e. The highest BCUT2D eigenvalue weighted by molar-refractivity contribution is 6.35. The predicted molar refractivity (Wildman–Crippen MR) is 61.5 cm³/mol. The van der Waals surface area contributed by atoms with E-state index >= 15 is 0 Å². The summed E-state index contributed by atoms with van der Waals surface area (Å²) in [5, 5.41) is 10.4. The van der Waals surface area contributed by atoms with Crippen molar-refractivity contribution >= 4 is 29.0 Å². The summed E-state index contributed by atoms with van der Waals surface area (Å²) in [4.78, 5) is 11.5. The van der Waals surface area contributed by atoms with Crippen molar-refractivity contribution in [3.8, 4) is 0 Å². The minimum absolute atomic E-state index is 0.111. The van der Waals surface area contributed by atoms with Gasteiger partial charge < -0.3 is 5.11 Å². The minimum atomic E-state index is -1.33. The fourth-order valence-corrected chi connectivity index (χ4v) is 1.53. The van der Waals surface area contributed by atoms with Gasteiger partial charge in [0.1, 0.15) is 5.60 Å². The maximum Gasteiger partial charge on any atom is 0.168 e. The van der Waals surface area contributed by atoms with Crippen LogP contribution in [0.5, 0.6) is 0 Å². The molecule has 2 nitrogen and oxygen atoms in total. The van der Waals surface area contributed by atoms with E-state index in [1.54, 1.807) is 18.2 Å². The molecule has 0 heterocycles. The summed E-state index contributed by atoms with van der Waals surface area (Å²) in [5.41, 5.74) is -0.656. The summed E-state index contributed by atoms with van der Waals surface area (Å²) in [6.45, 7) is 2.91. The SMILES string of the molecule is CC(C)(O)C(=O)Cc1ccc(Cl)cc1Cl. The zero-order valence-corrected chi connectivity index (χ0v) is 10.1. The zero-order valence-electron chi connectivity index (χ0n) is 8.55. The molecule has 0 saturated heterocycles. The fraction of sp³-hybridized carbons (Fsp3) is 0.364. The topological polar surface area (TPSA) is 37.3 Å². The molecule has 0 spiro atoms. The average molecular weight is 247 g/mol. The molecule has 0 atom stereocenters. The van der Waals surface area contributed by atoms with Crippen molar-refractivity contribution in [1.82, 2.24) is 0 Å². The molecule has 0 saturated carbocycles. The molecule has 0 aromatic heterocycles. The lowest BCUT2D eigenvalue weighted by atomic mass is 9.97. The summed E-state index contributed by atoms with van der Waals surface area (Å²) >= 11 is 11.6. The first kappa shape index (κ1) is 12.5. The van der Waals surface area contributed by atoms with Crippen LogP contribution in [0.1, 0.15) is 19.4 Å². The number of hydrogen-bond donors (Lipinski definition) is 1. The van der Waals surface area contributed by atoms with Crippen molar-refractivity contribution < 1.29 is 9.90 Å². The van der Waals surface area contributed by atoms with Crippen molar-refractivity contribution in [3.05, 3.63) is 33.8 Å². The van der Waals surface area contributed by atoms with Crippen molar-refractivity contribution in [2.24, 2.45) is 0 Å². The van der Waals surface area contributed by atoms with Crippen LogP contribution in [-0.4, -0.2) is 16.5 Å². The molecule has 1 rings (SSSR count). The standard InChI is InChI=1S/C11H12Cl2O2/c1-11(2,15)10(14)5-7-3-4-8(12)6-9(7)13/h3-4,6,15H,5H2,1-2H3. The fourth-order valence-electron chi connectivity index (χ4n) is 1.05. The van der Waals surface area contributed by atoms with E-state index in [0.717, 1.165) is 0 Å². The highest BCUT2D eigenvalue weighted by Crippen LogP contribution is 2.22. The molecule has 0 aliphatic carbocycles. The number of halogens is 2. The lowest BCUT2D eigenvalue weighted by molar-refractivity contribution is -0.133. The molecule has 0 bridgehead atoms. The van der Waals surface area contributed by atoms with Crippen LogP contribution < -0.4 is 0 Å². The Morgan fingerprint density at radius 2 is 2.00 bits per heavy atom. The number of benzene rings is 1. The van der Waals surface area contributed by atoms with E-state index in [9.17, 15) is 9.90 Å². The first-order valence-corrected chi connectivity index (χ1v) is 5.26. The largest absolute Gasteiger partial charge is 0.383 e. The summed E-state index contributed by atoms with van der Waals surface area (Å²) in [6.07, 6.45) is 0.111. The van der Waals surface area contributed by atoms with Gasteiger partial charge in [0.15, 0.2) is 5.78 Å². The van der Waals surface area contributed by atoms with Gasteiger partial charge in [-0.1, -0.05) is 29.3 Å². The third-order valence-corrected chi connectivity index (χ3v) is 2.64. The van der Waals surface area contributed by atoms with E-state index in [2.05, 4.69) is 0 Å². The van der Waals surface area contributed by atoms with Crippen LogP contribution in [0.25, 0.3) is 0 Å². The van der Waals surface area contributed by atoms with Gasteiger partial charge in [0, 0.05) is 16.5 Å². The Morgan fingerprint density at radius 1 is 1.40 bits per heavy atom. The first-order valence-electron chi connectivity index (χ1n) is 4.50. The number of aliphatic hydroxyl groups is 1. The van der Waals surface area contributed by atoms with Crippen LogP contribution in [0.15, 0.2) is 18.2 Å². The predicted octanol–water partition coefficient (Wildman–Crippen LogP) is 2.88. The lowest BCUT2D eigenvalue weighted by Crippen LogP contribution is -2.32. The minimum Gasteiger partial charge on any atom is -0.383 e. The summed E-state index contributed by atoms with van der Waals surface area (Å²) < 4.78 is 0. The number of hydrogen-bond acceptors (Lipinski definition) is 2. The Labute approximate surface area is 98.8 Å². The maximum atomic E-state index is 11.5. The van der Waals surface area contributed by atoms with Crippen molar-refractivity contribution in [2.75, 3.05) is 0 Å². The van der Waals surface area contributed by atoms with Gasteiger partial charge in [-0.15, -0.1) is 0 Å². The molecule has 0 radical (unpaired) electrons. The number of carbonyl (C=O) groups is 1. The normalized spacial score (nSPS) is 11.5. The van der Waals surface area contributed by atoms with Crippen LogP contribution in [0, 0.1) is 0 Å². The number of carbonyl (C=O) groups excluding carboxylic acids is 1. The van der Waals surface area contributed by atoms with Gasteiger partial charge in [-0.05, 0) is 31.5 Å². The lowest BCUT2D eigenvalue weighted by Gasteiger charge is -2.15. The van der Waals surface area contributed by atoms with Crippen LogP contribution >= 0.6 is 23.2 Å². The number of ketones is 1. The maximum absolute atomic E-state index is 11.5. The van der Waals surface area contributed by atoms with E-state index < -0.39 is 5.60 Å². The van der Waals surface area contributed by atoms with Crippen molar-refractivity contribution in [1.29, 1.82) is 0 Å². The molecule has 1 N–H and O–H groups in total. The van der Waals surface area contributed by atoms with E-state index in [0.29, 0.717) is 15.6 Å². The summed E-state index contributed by atoms with van der Waals surface area (Å²) in [6, 6.07) is 4.94. The molecule has 1 aromatic rings. The van der Waals surface area contributed by atoms with E-state index in [4.69, 9.17) is 23.2 Å². The van der Waals surface area contributed by atoms with Crippen LogP contribution in [0.3, 0.4) is 0 Å². The Kier molecular flexibility index (Phi) is 3.77. The molecule has 15 heavy (non-hydrogen) atoms. The Morgan fingerprint density at radius 3 is 2.47 bits per heavy atom. The van der Waals surface area contributed by atoms with Gasteiger partial charge in [0.05, 0.1) is 0 Å². The zero-order chi connectivity index (χ0) is 11.6. The second-order valence-electron chi connectivity index (χ2n) is 3.89. The van der Waals surface area contributed by atoms with Gasteiger partial charge in [0.2, 0.25) is 0 Å². The average Bonchev–Trinajstić information content (AvgIpc) is 2.08. The third-order valence-electron chi connectivity index (χ3n) is 2.05. The molecule has 0 unspecified atom stereocenters. The van der Waals surface area contributed by atoms with E-state index in [1.807, 2.05) is 0 Å². The Balaban J connectivity index is 2.87. The molecule has 0 aliphatic rings. The molecular weight excluding hydrogens is 235 g/mol. The third kappa shape index (κ3) is 3.49. The van der Waals surface area contributed by atoms with Crippen LogP contribution in [0.2, 0.25) is 10.0 Å². The molecule has 4 heteroatoms. The van der Waals surface area contributed by atoms with E-state index in [-0.39, 0.29) is 12.2 Å². The van der Waals surface area contributed by atoms with Gasteiger partial charge in [-0.3, -0.25) is 4.79 Å². The summed E-state index contributed by atoms with van der Waals surface area (Å²) in [5.74, 6) is -0.272. The number of Topliss-reactive ketones (excluding diaryl/α,β-unsaturated/α-hetero) is 1. The monoisotopic (exact) mass is 246 g/mol. The molecule has 0 aliphatic heterocycles. The van der Waals surface area contributed by atoms with Crippen molar-refractivity contribution in [2.45, 2.75) is 25.9 Å². The van der Waals surface area contributed by atoms with Gasteiger partial charge in [-0.25, -0.2) is 0 Å². The van der Waals surface area contributed by atoms with Crippen LogP contribution in [0.4, 0.5) is 0 Å². The van der Waals surface area contributed by atoms with Crippen molar-refractivity contribution in [3.63, 3.8) is 0 Å². The Hall–Kier alpha value is -0.570. The Bertz CT molecular complexity index is 381. The number of rotatable bonds is 3. The highest BCUT2D eigenvalue weighted by atomic mass is 35.5. The highest BCUT2D eigenvalue weighted by Gasteiger charge is 2.24. The molecular formula is C11H12Cl2O2. The van der Waals surface area contributed by atoms with E-state index in [1.165, 1.54) is 13.8 Å². The van der Waals surface area contributed by atoms with Gasteiger partial charge in [0.25, 0.3) is 0 Å². The first-order chi connectivity index (χ1) is 6.80. The molecule has 1 aromatic carbocycles. The van der Waals surface area contributed by atoms with Gasteiger partial charge >= 0.3 is 0 Å². The quantitative estimate of drug-likeness (QED) is 0.891. The summed E-state index contributed by atoms with van der Waals surface area (Å²) in [7, 11) is 0. The molecule has 82 valence electrons. The van der Waals surface area contributed by atoms with Gasteiger partial charge in [-0.2, -0.15) is 0 Å². The molecule has 0 amide bonds. The molecule has 0 fully saturated rings. The van der Waals surface area contributed by atoms with Crippen LogP contribution in [-0.2, 0) is 11.2 Å². The second-order valence-corrected chi connectivity index (χ2v) is 4.74.